The van der Waals surface area contributed by atoms with Crippen molar-refractivity contribution in [3.05, 3.63) is 63.9 Å². The normalized spacial score (nSPS) is 10.3. The first-order chi connectivity index (χ1) is 14.5. The molecule has 156 valence electrons. The van der Waals surface area contributed by atoms with Gasteiger partial charge in [0.2, 0.25) is 5.82 Å². The van der Waals surface area contributed by atoms with E-state index < -0.39 is 0 Å². The minimum atomic E-state index is -0.257. The van der Waals surface area contributed by atoms with Crippen LogP contribution in [0.2, 0.25) is 0 Å². The Kier molecular flexibility index (Phi) is 6.63. The number of aryl methyl sites for hydroxylation is 2. The summed E-state index contributed by atoms with van der Waals surface area (Å²) < 4.78 is 15.7. The van der Waals surface area contributed by atoms with Crippen LogP contribution in [-0.2, 0) is 0 Å². The largest absolute Gasteiger partial charge is 0.496 e. The average molecular weight is 409 g/mol. The number of ether oxygens (including phenoxy) is 2. The maximum atomic E-state index is 10.9. The fraction of sp³-hybridized carbons (Fsp3) is 0.238. The predicted octanol–water partition coefficient (Wildman–Crippen LogP) is 3.53. The predicted molar refractivity (Wildman–Crippen MR) is 112 cm³/mol. The summed E-state index contributed by atoms with van der Waals surface area (Å²) >= 11 is 0. The van der Waals surface area contributed by atoms with E-state index in [9.17, 15) is 4.79 Å². The summed E-state index contributed by atoms with van der Waals surface area (Å²) in [5.74, 6) is 2.52. The molecule has 0 aliphatic heterocycles. The summed E-state index contributed by atoms with van der Waals surface area (Å²) in [6.45, 7) is 6.55. The molecular formula is C21H23N5O4. The van der Waals surface area contributed by atoms with E-state index in [1.807, 2.05) is 57.2 Å². The quantitative estimate of drug-likeness (QED) is 0.517. The van der Waals surface area contributed by atoms with Gasteiger partial charge in [0.25, 0.3) is 5.56 Å². The highest BCUT2D eigenvalue weighted by Gasteiger charge is 2.11. The van der Waals surface area contributed by atoms with Crippen LogP contribution in [0, 0.1) is 13.8 Å². The van der Waals surface area contributed by atoms with E-state index in [1.165, 1.54) is 6.07 Å². The van der Waals surface area contributed by atoms with Crippen molar-refractivity contribution in [2.75, 3.05) is 13.7 Å². The molecule has 4 aromatic rings. The molecule has 0 radical (unpaired) electrons. The molecule has 0 amide bonds. The Bertz CT molecular complexity index is 1150. The Hall–Kier alpha value is -3.88. The number of hydrogen-bond acceptors (Lipinski definition) is 7. The lowest BCUT2D eigenvalue weighted by atomic mass is 10.1. The van der Waals surface area contributed by atoms with Gasteiger partial charge in [0.1, 0.15) is 11.5 Å². The van der Waals surface area contributed by atoms with Gasteiger partial charge in [0, 0.05) is 0 Å². The van der Waals surface area contributed by atoms with Gasteiger partial charge in [-0.05, 0) is 61.4 Å². The van der Waals surface area contributed by atoms with Crippen LogP contribution in [0.25, 0.3) is 22.7 Å². The van der Waals surface area contributed by atoms with Gasteiger partial charge in [-0.15, -0.1) is 10.2 Å². The van der Waals surface area contributed by atoms with Crippen molar-refractivity contribution in [2.45, 2.75) is 20.8 Å². The van der Waals surface area contributed by atoms with Crippen molar-refractivity contribution >= 4 is 0 Å². The molecule has 0 aliphatic carbocycles. The number of rotatable bonds is 5. The second-order valence-electron chi connectivity index (χ2n) is 6.45. The molecule has 2 N–H and O–H groups in total. The molecule has 0 saturated carbocycles. The van der Waals surface area contributed by atoms with Gasteiger partial charge in [-0.1, -0.05) is 12.1 Å². The van der Waals surface area contributed by atoms with Crippen LogP contribution < -0.4 is 15.0 Å². The maximum Gasteiger partial charge on any atom is 0.280 e. The standard InChI is InChI=1S/C11H11NO3.C10H12N4O/c1-7-3-4-8(9(5-7)14-2)10-6-11(13)12-15-10;1-3-15-9-6-7(2)4-5-8(9)10-11-13-14-12-10/h3-6H,1-2H3,(H,12,13);4-6H,3H2,1-2H3,(H,11,12,13,14). The summed E-state index contributed by atoms with van der Waals surface area (Å²) in [7, 11) is 1.59. The Morgan fingerprint density at radius 2 is 1.70 bits per heavy atom. The summed E-state index contributed by atoms with van der Waals surface area (Å²) in [6, 6.07) is 13.0. The SMILES string of the molecule is CCOc1cc(C)ccc1-c1nn[nH]n1.COc1cc(C)ccc1-c1cc(=O)[nH]o1. The Morgan fingerprint density at radius 1 is 1.00 bits per heavy atom. The van der Waals surface area contributed by atoms with E-state index in [0.29, 0.717) is 23.9 Å². The number of aromatic amines is 2. The highest BCUT2D eigenvalue weighted by Crippen LogP contribution is 2.29. The van der Waals surface area contributed by atoms with Gasteiger partial charge in [0.15, 0.2) is 5.76 Å². The zero-order valence-corrected chi connectivity index (χ0v) is 17.2. The van der Waals surface area contributed by atoms with Crippen molar-refractivity contribution in [3.63, 3.8) is 0 Å². The molecule has 2 aromatic heterocycles. The van der Waals surface area contributed by atoms with E-state index in [4.69, 9.17) is 14.0 Å². The zero-order valence-electron chi connectivity index (χ0n) is 17.2. The molecule has 0 spiro atoms. The van der Waals surface area contributed by atoms with Gasteiger partial charge in [-0.2, -0.15) is 10.4 Å². The lowest BCUT2D eigenvalue weighted by Crippen LogP contribution is -1.95. The molecule has 9 nitrogen and oxygen atoms in total. The molecular weight excluding hydrogens is 386 g/mol. The number of nitrogens with zero attached hydrogens (tertiary/aromatic N) is 3. The van der Waals surface area contributed by atoms with Crippen molar-refractivity contribution in [3.8, 4) is 34.2 Å². The van der Waals surface area contributed by atoms with Gasteiger partial charge in [-0.25, -0.2) is 0 Å². The number of H-pyrrole nitrogens is 2. The van der Waals surface area contributed by atoms with E-state index in [1.54, 1.807) is 7.11 Å². The number of benzene rings is 2. The summed E-state index contributed by atoms with van der Waals surface area (Å²) in [4.78, 5) is 10.9. The number of aromatic nitrogens is 5. The minimum Gasteiger partial charge on any atom is -0.496 e. The van der Waals surface area contributed by atoms with Gasteiger partial charge in [0.05, 0.1) is 30.9 Å². The van der Waals surface area contributed by atoms with Crippen LogP contribution >= 0.6 is 0 Å². The Morgan fingerprint density at radius 3 is 2.27 bits per heavy atom. The third kappa shape index (κ3) is 4.93. The molecule has 0 aliphatic rings. The molecule has 4 rings (SSSR count). The third-order valence-electron chi connectivity index (χ3n) is 4.17. The van der Waals surface area contributed by atoms with Crippen molar-refractivity contribution in [1.29, 1.82) is 0 Å². The maximum absolute atomic E-state index is 10.9. The second kappa shape index (κ2) is 9.55. The van der Waals surface area contributed by atoms with E-state index in [-0.39, 0.29) is 5.56 Å². The van der Waals surface area contributed by atoms with Crippen molar-refractivity contribution in [1.82, 2.24) is 25.8 Å². The first-order valence-electron chi connectivity index (χ1n) is 9.32. The summed E-state index contributed by atoms with van der Waals surface area (Å²) in [6.07, 6.45) is 0. The van der Waals surface area contributed by atoms with E-state index in [0.717, 1.165) is 28.0 Å². The second-order valence-corrected chi connectivity index (χ2v) is 6.45. The molecule has 2 aromatic carbocycles. The Labute approximate surface area is 173 Å². The molecule has 30 heavy (non-hydrogen) atoms. The van der Waals surface area contributed by atoms with Crippen LogP contribution in [0.1, 0.15) is 18.1 Å². The van der Waals surface area contributed by atoms with E-state index in [2.05, 4.69) is 25.8 Å². The van der Waals surface area contributed by atoms with Gasteiger partial charge >= 0.3 is 0 Å². The third-order valence-corrected chi connectivity index (χ3v) is 4.17. The topological polar surface area (TPSA) is 119 Å². The molecule has 0 saturated heterocycles. The Balaban J connectivity index is 0.000000171. The summed E-state index contributed by atoms with van der Waals surface area (Å²) in [5, 5.41) is 16.1. The van der Waals surface area contributed by atoms with Crippen LogP contribution in [0.5, 0.6) is 11.5 Å². The van der Waals surface area contributed by atoms with Gasteiger partial charge < -0.3 is 14.0 Å². The number of tetrazole rings is 1. The van der Waals surface area contributed by atoms with E-state index >= 15 is 0 Å². The van der Waals surface area contributed by atoms with Crippen molar-refractivity contribution in [2.24, 2.45) is 0 Å². The molecule has 0 unspecified atom stereocenters. The smallest absolute Gasteiger partial charge is 0.280 e. The number of nitrogens with one attached hydrogen (secondary N) is 2. The van der Waals surface area contributed by atoms with Crippen LogP contribution in [0.15, 0.2) is 51.8 Å². The fourth-order valence-corrected chi connectivity index (χ4v) is 2.78. The van der Waals surface area contributed by atoms with Crippen LogP contribution in [-0.4, -0.2) is 39.5 Å². The molecule has 9 heteroatoms. The highest BCUT2D eigenvalue weighted by molar-refractivity contribution is 5.66. The van der Waals surface area contributed by atoms with Gasteiger partial charge in [-0.3, -0.25) is 4.79 Å². The first-order valence-corrected chi connectivity index (χ1v) is 9.32. The van der Waals surface area contributed by atoms with Crippen molar-refractivity contribution < 1.29 is 14.0 Å². The number of methoxy groups -OCH3 is 1. The summed E-state index contributed by atoms with van der Waals surface area (Å²) in [5.41, 5.74) is 3.60. The minimum absolute atomic E-state index is 0.257. The first kappa shape index (κ1) is 20.8. The highest BCUT2D eigenvalue weighted by atomic mass is 16.5. The molecule has 2 heterocycles. The zero-order chi connectivity index (χ0) is 21.5. The van der Waals surface area contributed by atoms with Crippen LogP contribution in [0.4, 0.5) is 0 Å². The monoisotopic (exact) mass is 409 g/mol. The number of hydrogen-bond donors (Lipinski definition) is 2. The average Bonchev–Trinajstić information content (AvgIpc) is 3.41. The lowest BCUT2D eigenvalue weighted by Gasteiger charge is -2.07. The molecule has 0 atom stereocenters. The molecule has 0 fully saturated rings. The molecule has 0 bridgehead atoms. The van der Waals surface area contributed by atoms with Crippen LogP contribution in [0.3, 0.4) is 0 Å². The lowest BCUT2D eigenvalue weighted by molar-refractivity contribution is 0.341. The fourth-order valence-electron chi connectivity index (χ4n) is 2.78.